The number of aryl methyl sites for hydroxylation is 2. The first-order chi connectivity index (χ1) is 42.9. The van der Waals surface area contributed by atoms with Crippen molar-refractivity contribution in [2.24, 2.45) is 0 Å². The van der Waals surface area contributed by atoms with Gasteiger partial charge in [0, 0.05) is 109 Å². The van der Waals surface area contributed by atoms with Crippen LogP contribution in [-0.4, -0.2) is 64.1 Å². The Morgan fingerprint density at radius 2 is 0.922 bits per heavy atom. The Kier molecular flexibility index (Phi) is 25.2. The standard InChI is InChI=1S/C39H32OP2.C13H16N6.C8H10ClN3.C5H7N3.2C2H4O2.Pd/c1-39(2)33-25-15-27-35(41(29-17-7-3-8-18-29)30-19-9-4-10-20-30)37(33)40-38-34(39)26-16-28-36(38)42(31-21-11-5-12-22-31)32-23-13-6-14-24-32;1-8-6-16-13(19-12(8)17-9-2-3-9)18-11-7-15-5-4-10(11)14;1-5-4-10-8(9)12-7(5)11-6-2-3-6;6-4-1-2-8-3-5(4)7;2*1-2(3)4;/h3-28H,1-2H3;4-7,9H,2-3H2,1H3,(H2,14,15)(H2,16,17,18,19);4,6H,2-3H2,1H3,(H,10,11,12);1-3H,7H2,(H2,6,8);2*1H3,(H,3,4);. The van der Waals surface area contributed by atoms with Crippen LogP contribution in [0.3, 0.4) is 0 Å². The fourth-order valence-corrected chi connectivity index (χ4v) is 14.0. The van der Waals surface area contributed by atoms with Crippen LogP contribution in [0.2, 0.25) is 5.28 Å². The summed E-state index contributed by atoms with van der Waals surface area (Å²) in [5, 5.41) is 32.7. The Bertz CT molecular complexity index is 3700. The first-order valence-electron chi connectivity index (χ1n) is 28.8. The topological polar surface area (TPSA) is 275 Å². The Labute approximate surface area is 547 Å². The predicted molar refractivity (Wildman–Crippen MR) is 366 cm³/mol. The number of carboxylic acids is 2. The van der Waals surface area contributed by atoms with Crippen LogP contribution in [-0.2, 0) is 35.4 Å². The van der Waals surface area contributed by atoms with E-state index in [2.05, 4.69) is 217 Å². The van der Waals surface area contributed by atoms with Crippen molar-refractivity contribution in [2.75, 3.05) is 33.2 Å². The molecule has 0 amide bonds. The maximum atomic E-state index is 9.00. The molecule has 4 aromatic heterocycles. The quantitative estimate of drug-likeness (QED) is 0.0321. The maximum absolute atomic E-state index is 9.00. The van der Waals surface area contributed by atoms with Gasteiger partial charge in [-0.2, -0.15) is 4.98 Å². The van der Waals surface area contributed by atoms with Gasteiger partial charge in [-0.15, -0.1) is 0 Å². The number of nitrogens with one attached hydrogen (secondary N) is 3. The second-order valence-corrected chi connectivity index (χ2v) is 26.1. The minimum Gasteiger partial charge on any atom is -0.481 e. The third kappa shape index (κ3) is 19.6. The zero-order valence-electron chi connectivity index (χ0n) is 50.7. The molecule has 11 N–H and O–H groups in total. The Morgan fingerprint density at radius 1 is 0.533 bits per heavy atom. The molecule has 2 saturated carbocycles. The molecular weight excluding hydrogens is 1280 g/mol. The molecule has 0 spiro atoms. The van der Waals surface area contributed by atoms with Crippen molar-refractivity contribution in [3.05, 3.63) is 235 Å². The number of carbonyl (C=O) groups is 2. The van der Waals surface area contributed by atoms with E-state index in [1.807, 2.05) is 13.8 Å². The molecule has 5 heterocycles. The van der Waals surface area contributed by atoms with Gasteiger partial charge in [-0.3, -0.25) is 19.6 Å². The van der Waals surface area contributed by atoms with Crippen molar-refractivity contribution in [3.8, 4) is 11.5 Å². The van der Waals surface area contributed by atoms with E-state index < -0.39 is 27.8 Å². The molecule has 0 radical (unpaired) electrons. The van der Waals surface area contributed by atoms with Crippen LogP contribution in [0.4, 0.5) is 40.3 Å². The van der Waals surface area contributed by atoms with E-state index in [1.54, 1.807) is 43.1 Å². The monoisotopic (exact) mass is 1350 g/mol. The van der Waals surface area contributed by atoms with Gasteiger partial charge in [0.05, 0.1) is 35.1 Å². The molecule has 3 aliphatic rings. The van der Waals surface area contributed by atoms with E-state index in [-0.39, 0.29) is 25.8 Å². The summed E-state index contributed by atoms with van der Waals surface area (Å²) in [6.07, 6.45) is 14.9. The molecule has 90 heavy (non-hydrogen) atoms. The number of hydrogen-bond acceptors (Lipinski definition) is 15. The molecule has 0 bridgehead atoms. The van der Waals surface area contributed by atoms with Crippen molar-refractivity contribution in [1.82, 2.24) is 29.9 Å². The number of benzene rings is 6. The van der Waals surface area contributed by atoms with Crippen LogP contribution in [0, 0.1) is 13.8 Å². The molecule has 0 unspecified atom stereocenters. The second kappa shape index (κ2) is 33.1. The number of nitrogen functional groups attached to an aromatic ring is 3. The molecule has 21 heteroatoms. The van der Waals surface area contributed by atoms with Gasteiger partial charge in [-0.25, -0.2) is 15.0 Å². The summed E-state index contributed by atoms with van der Waals surface area (Å²) in [7, 11) is -1.65. The van der Waals surface area contributed by atoms with E-state index in [4.69, 9.17) is 53.3 Å². The van der Waals surface area contributed by atoms with Gasteiger partial charge in [0.25, 0.3) is 11.9 Å². The summed E-state index contributed by atoms with van der Waals surface area (Å²) in [6, 6.07) is 61.7. The fraction of sp³-hybridized carbons (Fsp3) is 0.188. The number of nitrogens with zero attached hydrogens (tertiary/aromatic N) is 6. The summed E-state index contributed by atoms with van der Waals surface area (Å²) >= 11 is 5.66. The second-order valence-electron chi connectivity index (χ2n) is 21.4. The zero-order valence-corrected chi connectivity index (χ0v) is 54.8. The average molecular weight is 1350 g/mol. The Hall–Kier alpha value is -8.87. The molecule has 2 fully saturated rings. The van der Waals surface area contributed by atoms with E-state index in [0.29, 0.717) is 46.1 Å². The van der Waals surface area contributed by atoms with Crippen LogP contribution < -0.4 is 69.7 Å². The van der Waals surface area contributed by atoms with Gasteiger partial charge in [0.2, 0.25) is 11.2 Å². The number of nitrogens with two attached hydrogens (primary N) is 3. The van der Waals surface area contributed by atoms with Crippen molar-refractivity contribution in [3.63, 3.8) is 0 Å². The van der Waals surface area contributed by atoms with Gasteiger partial charge in [-0.05, 0) is 100 Å². The average Bonchev–Trinajstić information content (AvgIpc) is 0.898. The minimum atomic E-state index is -0.833. The molecular formula is C69H73ClN12O5P2Pd. The third-order valence-electron chi connectivity index (χ3n) is 13.8. The molecule has 0 saturated heterocycles. The number of aliphatic carboxylic acids is 2. The van der Waals surface area contributed by atoms with Gasteiger partial charge >= 0.3 is 0 Å². The molecule has 2 aliphatic carbocycles. The van der Waals surface area contributed by atoms with Crippen LogP contribution in [0.5, 0.6) is 11.5 Å². The molecule has 1 aliphatic heterocycles. The number of hydrogen-bond donors (Lipinski definition) is 8. The minimum absolute atomic E-state index is 0. The Balaban J connectivity index is 0.000000196. The number of pyridine rings is 2. The van der Waals surface area contributed by atoms with Crippen molar-refractivity contribution in [2.45, 2.75) is 84.7 Å². The summed E-state index contributed by atoms with van der Waals surface area (Å²) in [4.78, 5) is 42.5. The summed E-state index contributed by atoms with van der Waals surface area (Å²) in [5.41, 5.74) is 23.3. The first-order valence-corrected chi connectivity index (χ1v) is 31.9. The first kappa shape index (κ1) is 68.6. The van der Waals surface area contributed by atoms with E-state index in [0.717, 1.165) is 48.1 Å². The number of aromatic nitrogens is 6. The van der Waals surface area contributed by atoms with Crippen LogP contribution in [0.25, 0.3) is 0 Å². The summed E-state index contributed by atoms with van der Waals surface area (Å²) < 4.78 is 7.26. The number of halogens is 1. The zero-order chi connectivity index (χ0) is 63.5. The van der Waals surface area contributed by atoms with E-state index in [9.17, 15) is 0 Å². The smallest absolute Gasteiger partial charge is 0.300 e. The van der Waals surface area contributed by atoms with Gasteiger partial charge in [0.15, 0.2) is 0 Å². The SMILES string of the molecule is CC(=O)O.CC(=O)O.CC1(C)c2cccc(P(c3ccccc3)c3ccccc3)c2Oc2c(P(c3ccccc3)c3ccccc3)cccc21.Cc1cnc(Cl)nc1NC1CC1.Cc1cnc(Nc2cnccc2N)nc1NC1CC1.Nc1ccncc1N.[Pd]. The third-order valence-corrected chi connectivity index (χ3v) is 18.9. The number of rotatable bonds is 12. The summed E-state index contributed by atoms with van der Waals surface area (Å²) in [6.45, 7) is 10.8. The number of carboxylic acid groups (broad SMARTS) is 2. The van der Waals surface area contributed by atoms with Gasteiger partial charge in [-0.1, -0.05) is 172 Å². The number of ether oxygens (including phenoxy) is 1. The fourth-order valence-electron chi connectivity index (χ4n) is 9.12. The Morgan fingerprint density at radius 3 is 1.30 bits per heavy atom. The van der Waals surface area contributed by atoms with Crippen molar-refractivity contribution in [1.29, 1.82) is 0 Å². The maximum Gasteiger partial charge on any atom is 0.300 e. The molecule has 466 valence electrons. The predicted octanol–water partition coefficient (Wildman–Crippen LogP) is 12.2. The normalized spacial score (nSPS) is 12.7. The molecule has 10 aromatic rings. The van der Waals surface area contributed by atoms with Gasteiger partial charge in [0.1, 0.15) is 23.1 Å². The molecule has 13 rings (SSSR count). The molecule has 6 aromatic carbocycles. The van der Waals surface area contributed by atoms with E-state index in [1.165, 1.54) is 74.8 Å². The number of fused-ring (bicyclic) bond motifs is 2. The van der Waals surface area contributed by atoms with Gasteiger partial charge < -0.3 is 48.1 Å². The number of para-hydroxylation sites is 2. The van der Waals surface area contributed by atoms with Crippen LogP contribution in [0.1, 0.15) is 75.6 Å². The molecule has 17 nitrogen and oxygen atoms in total. The summed E-state index contributed by atoms with van der Waals surface area (Å²) in [5.74, 6) is 2.63. The van der Waals surface area contributed by atoms with Crippen molar-refractivity contribution >= 4 is 112 Å². The number of anilines is 7. The molecule has 0 atom stereocenters. The van der Waals surface area contributed by atoms with E-state index >= 15 is 0 Å². The van der Waals surface area contributed by atoms with Crippen molar-refractivity contribution < 1.29 is 45.0 Å². The largest absolute Gasteiger partial charge is 0.481 e. The van der Waals surface area contributed by atoms with Crippen LogP contribution >= 0.6 is 27.4 Å². The van der Waals surface area contributed by atoms with Crippen LogP contribution in [0.15, 0.2) is 207 Å².